The molecule has 0 radical (unpaired) electrons. The third kappa shape index (κ3) is 4.99. The Hall–Kier alpha value is -1.52. The first-order chi connectivity index (χ1) is 11.1. The number of carbonyl (C=O) groups is 1. The van der Waals surface area contributed by atoms with Crippen LogP contribution in [0.15, 0.2) is 29.2 Å². The molecule has 1 fully saturated rings. The van der Waals surface area contributed by atoms with Crippen LogP contribution in [-0.4, -0.2) is 50.6 Å². The van der Waals surface area contributed by atoms with Gasteiger partial charge in [0.2, 0.25) is 15.9 Å². The van der Waals surface area contributed by atoms with Crippen LogP contribution in [-0.2, 0) is 24.3 Å². The number of sulfonamides is 1. The number of carbonyl (C=O) groups excluding carboxylic acids is 1. The Morgan fingerprint density at radius 1 is 1.21 bits per heavy atom. The van der Waals surface area contributed by atoms with Crippen LogP contribution in [0, 0.1) is 0 Å². The van der Waals surface area contributed by atoms with Crippen LogP contribution in [0.1, 0.15) is 20.8 Å². The smallest absolute Gasteiger partial charge is 0.240 e. The van der Waals surface area contributed by atoms with E-state index in [1.54, 1.807) is 13.8 Å². The molecule has 0 saturated carbocycles. The van der Waals surface area contributed by atoms with Gasteiger partial charge in [-0.1, -0.05) is 0 Å². The molecular weight excluding hydrogens is 336 g/mol. The summed E-state index contributed by atoms with van der Waals surface area (Å²) in [4.78, 5) is 11.0. The lowest BCUT2D eigenvalue weighted by Crippen LogP contribution is -2.46. The van der Waals surface area contributed by atoms with Gasteiger partial charge in [-0.2, -0.15) is 0 Å². The second kappa shape index (κ2) is 7.16. The van der Waals surface area contributed by atoms with Gasteiger partial charge in [-0.3, -0.25) is 4.79 Å². The minimum Gasteiger partial charge on any atom is -0.389 e. The quantitative estimate of drug-likeness (QED) is 0.719. The number of hydrogen-bond acceptors (Lipinski definition) is 6. The Morgan fingerprint density at radius 3 is 2.38 bits per heavy atom. The molecule has 0 aromatic heterocycles. The van der Waals surface area contributed by atoms with Gasteiger partial charge in [0.1, 0.15) is 0 Å². The van der Waals surface area contributed by atoms with Crippen LogP contribution in [0.4, 0.5) is 5.69 Å². The van der Waals surface area contributed by atoms with E-state index in [2.05, 4.69) is 10.0 Å². The maximum atomic E-state index is 12.4. The first-order valence-corrected chi connectivity index (χ1v) is 8.93. The van der Waals surface area contributed by atoms with Crippen molar-refractivity contribution in [2.75, 3.05) is 18.5 Å². The van der Waals surface area contributed by atoms with Crippen molar-refractivity contribution in [2.24, 2.45) is 0 Å². The number of nitrogens with one attached hydrogen (secondary N) is 2. The van der Waals surface area contributed by atoms with E-state index in [4.69, 9.17) is 9.47 Å². The lowest BCUT2D eigenvalue weighted by molar-refractivity contribution is -0.203. The van der Waals surface area contributed by atoms with Crippen molar-refractivity contribution in [2.45, 2.75) is 43.6 Å². The molecule has 1 aliphatic rings. The lowest BCUT2D eigenvalue weighted by Gasteiger charge is -2.23. The Kier molecular flexibility index (Phi) is 5.61. The van der Waals surface area contributed by atoms with E-state index in [1.165, 1.54) is 31.2 Å². The van der Waals surface area contributed by atoms with Gasteiger partial charge in [-0.15, -0.1) is 0 Å². The lowest BCUT2D eigenvalue weighted by atomic mass is 10.2. The summed E-state index contributed by atoms with van der Waals surface area (Å²) < 4.78 is 38.1. The summed E-state index contributed by atoms with van der Waals surface area (Å²) in [7, 11) is -3.85. The van der Waals surface area contributed by atoms with Gasteiger partial charge in [0.05, 0.1) is 30.3 Å². The normalized spacial score (nSPS) is 24.2. The molecule has 9 heteroatoms. The van der Waals surface area contributed by atoms with Gasteiger partial charge in [-0.25, -0.2) is 13.1 Å². The summed E-state index contributed by atoms with van der Waals surface area (Å²) in [5.74, 6) is -1.13. The Bertz CT molecular complexity index is 686. The van der Waals surface area contributed by atoms with E-state index in [0.29, 0.717) is 5.69 Å². The van der Waals surface area contributed by atoms with E-state index in [1.807, 2.05) is 0 Å². The first kappa shape index (κ1) is 18.8. The molecule has 1 aliphatic heterocycles. The van der Waals surface area contributed by atoms with Crippen LogP contribution in [0.3, 0.4) is 0 Å². The summed E-state index contributed by atoms with van der Waals surface area (Å²) in [5, 5.41) is 12.6. The Morgan fingerprint density at radius 2 is 1.79 bits per heavy atom. The predicted octanol–water partition coefficient (Wildman–Crippen LogP) is 0.436. The molecule has 0 aliphatic carbocycles. The zero-order valence-electron chi connectivity index (χ0n) is 13.8. The molecule has 1 saturated heterocycles. The third-order valence-electron chi connectivity index (χ3n) is 3.47. The van der Waals surface area contributed by atoms with Crippen molar-refractivity contribution in [1.29, 1.82) is 0 Å². The molecule has 2 atom stereocenters. The van der Waals surface area contributed by atoms with Gasteiger partial charge in [0, 0.05) is 12.6 Å². The van der Waals surface area contributed by atoms with Crippen molar-refractivity contribution >= 4 is 21.6 Å². The fourth-order valence-corrected chi connectivity index (χ4v) is 3.40. The monoisotopic (exact) mass is 358 g/mol. The highest BCUT2D eigenvalue weighted by Crippen LogP contribution is 2.19. The highest BCUT2D eigenvalue weighted by Gasteiger charge is 2.33. The summed E-state index contributed by atoms with van der Waals surface area (Å²) in [6, 6.07) is 4.90. The average Bonchev–Trinajstić information content (AvgIpc) is 2.60. The maximum Gasteiger partial charge on any atom is 0.240 e. The van der Waals surface area contributed by atoms with Crippen molar-refractivity contribution in [3.63, 3.8) is 0 Å². The molecule has 0 bridgehead atoms. The number of aliphatic hydroxyl groups is 1. The molecule has 2 rings (SSSR count). The minimum absolute atomic E-state index is 0.0165. The molecule has 1 aromatic carbocycles. The van der Waals surface area contributed by atoms with Gasteiger partial charge in [-0.05, 0) is 38.1 Å². The average molecular weight is 358 g/mol. The number of amides is 1. The van der Waals surface area contributed by atoms with Crippen LogP contribution in [0.5, 0.6) is 0 Å². The molecular formula is C15H22N2O6S. The number of rotatable bonds is 4. The largest absolute Gasteiger partial charge is 0.389 e. The van der Waals surface area contributed by atoms with E-state index in [-0.39, 0.29) is 24.0 Å². The fourth-order valence-electron chi connectivity index (χ4n) is 2.15. The number of benzene rings is 1. The van der Waals surface area contributed by atoms with Gasteiger partial charge in [0.15, 0.2) is 5.79 Å². The van der Waals surface area contributed by atoms with E-state index in [9.17, 15) is 18.3 Å². The van der Waals surface area contributed by atoms with Crippen LogP contribution < -0.4 is 10.0 Å². The zero-order chi connectivity index (χ0) is 18.0. The minimum atomic E-state index is -3.85. The molecule has 134 valence electrons. The van der Waals surface area contributed by atoms with E-state index < -0.39 is 28.0 Å². The molecule has 1 amide bonds. The second-order valence-electron chi connectivity index (χ2n) is 6.02. The Balaban J connectivity index is 2.11. The SMILES string of the molecule is CC(=O)Nc1ccc(S(=O)(=O)N[C@H]2COC(C)(C)OC[C@@H]2O)cc1. The van der Waals surface area contributed by atoms with Gasteiger partial charge in [0.25, 0.3) is 0 Å². The first-order valence-electron chi connectivity index (χ1n) is 7.45. The van der Waals surface area contributed by atoms with Crippen LogP contribution >= 0.6 is 0 Å². The van der Waals surface area contributed by atoms with Gasteiger partial charge >= 0.3 is 0 Å². The molecule has 0 spiro atoms. The predicted molar refractivity (Wildman–Crippen MR) is 86.8 cm³/mol. The van der Waals surface area contributed by atoms with Crippen molar-refractivity contribution < 1.29 is 27.8 Å². The van der Waals surface area contributed by atoms with Crippen molar-refractivity contribution in [3.05, 3.63) is 24.3 Å². The molecule has 3 N–H and O–H groups in total. The highest BCUT2D eigenvalue weighted by atomic mass is 32.2. The van der Waals surface area contributed by atoms with Crippen LogP contribution in [0.2, 0.25) is 0 Å². The van der Waals surface area contributed by atoms with Crippen molar-refractivity contribution in [3.8, 4) is 0 Å². The summed E-state index contributed by atoms with van der Waals surface area (Å²) >= 11 is 0. The number of aliphatic hydroxyl groups excluding tert-OH is 1. The maximum absolute atomic E-state index is 12.4. The Labute approximate surface area is 141 Å². The summed E-state index contributed by atoms with van der Waals surface area (Å²) in [5.41, 5.74) is 0.495. The summed E-state index contributed by atoms with van der Waals surface area (Å²) in [6.45, 7) is 4.69. The zero-order valence-corrected chi connectivity index (χ0v) is 14.6. The van der Waals surface area contributed by atoms with E-state index >= 15 is 0 Å². The standard InChI is InChI=1S/C15H22N2O6S/c1-10(18)16-11-4-6-12(7-5-11)24(20,21)17-13-8-22-15(2,3)23-9-14(13)19/h4-7,13-14,17,19H,8-9H2,1-3H3,(H,16,18)/t13-,14-/m0/s1. The molecule has 0 unspecified atom stereocenters. The number of ether oxygens (including phenoxy) is 2. The van der Waals surface area contributed by atoms with Gasteiger partial charge < -0.3 is 19.9 Å². The topological polar surface area (TPSA) is 114 Å². The molecule has 8 nitrogen and oxygen atoms in total. The molecule has 24 heavy (non-hydrogen) atoms. The molecule has 1 heterocycles. The second-order valence-corrected chi connectivity index (χ2v) is 7.74. The highest BCUT2D eigenvalue weighted by molar-refractivity contribution is 7.89. The van der Waals surface area contributed by atoms with Crippen LogP contribution in [0.25, 0.3) is 0 Å². The number of anilines is 1. The molecule has 1 aromatic rings. The summed E-state index contributed by atoms with van der Waals surface area (Å²) in [6.07, 6.45) is -1.03. The third-order valence-corrected chi connectivity index (χ3v) is 4.97. The number of hydrogen-bond donors (Lipinski definition) is 3. The fraction of sp³-hybridized carbons (Fsp3) is 0.533. The van der Waals surface area contributed by atoms with E-state index in [0.717, 1.165) is 0 Å². The van der Waals surface area contributed by atoms with Crippen molar-refractivity contribution in [1.82, 2.24) is 4.72 Å².